The maximum absolute atomic E-state index is 12.3. The zero-order chi connectivity index (χ0) is 17.9. The lowest BCUT2D eigenvalue weighted by atomic mass is 9.79. The highest BCUT2D eigenvalue weighted by Crippen LogP contribution is 2.39. The molecule has 6 heteroatoms. The quantitative estimate of drug-likeness (QED) is 0.794. The molecule has 0 saturated carbocycles. The van der Waals surface area contributed by atoms with Gasteiger partial charge in [-0.05, 0) is 31.0 Å². The van der Waals surface area contributed by atoms with Crippen LogP contribution in [0.5, 0.6) is 0 Å². The first-order valence-corrected chi connectivity index (χ1v) is 8.06. The molecule has 0 spiro atoms. The van der Waals surface area contributed by atoms with Crippen molar-refractivity contribution in [2.75, 3.05) is 7.11 Å². The number of carbonyl (C=O) groups excluding carboxylic acids is 1. The van der Waals surface area contributed by atoms with E-state index in [0.717, 1.165) is 6.42 Å². The number of benzene rings is 1. The molecular weight excluding hydrogens is 330 g/mol. The van der Waals surface area contributed by atoms with Gasteiger partial charge in [0.15, 0.2) is 0 Å². The van der Waals surface area contributed by atoms with E-state index in [-0.39, 0.29) is 5.57 Å². The van der Waals surface area contributed by atoms with E-state index in [4.69, 9.17) is 16.3 Å². The molecule has 1 aliphatic heterocycles. The van der Waals surface area contributed by atoms with Crippen molar-refractivity contribution in [3.05, 3.63) is 57.4 Å². The van der Waals surface area contributed by atoms with E-state index in [2.05, 4.69) is 5.32 Å². The van der Waals surface area contributed by atoms with Crippen LogP contribution in [0.3, 0.4) is 0 Å². The van der Waals surface area contributed by atoms with Gasteiger partial charge in [-0.1, -0.05) is 37.1 Å². The van der Waals surface area contributed by atoms with Crippen molar-refractivity contribution >= 4 is 23.5 Å². The van der Waals surface area contributed by atoms with Gasteiger partial charge in [0, 0.05) is 16.4 Å². The summed E-state index contributed by atoms with van der Waals surface area (Å²) in [6, 6.07) is 6.84. The molecule has 2 rings (SSSR count). The van der Waals surface area contributed by atoms with E-state index in [0.29, 0.717) is 34.0 Å². The third-order valence-electron chi connectivity index (χ3n) is 3.98. The van der Waals surface area contributed by atoms with Gasteiger partial charge in [0.05, 0.1) is 24.2 Å². The highest BCUT2D eigenvalue weighted by Gasteiger charge is 2.37. The Morgan fingerprint density at radius 2 is 1.88 bits per heavy atom. The van der Waals surface area contributed by atoms with Crippen molar-refractivity contribution in [1.82, 2.24) is 5.32 Å². The zero-order valence-electron chi connectivity index (χ0n) is 13.9. The first-order valence-electron chi connectivity index (χ1n) is 7.68. The van der Waals surface area contributed by atoms with E-state index < -0.39 is 17.9 Å². The Morgan fingerprint density at radius 3 is 2.38 bits per heavy atom. The average molecular weight is 350 g/mol. The minimum absolute atomic E-state index is 0.171. The number of nitrogens with one attached hydrogen (secondary N) is 1. The number of rotatable bonds is 5. The SMILES string of the molecule is CCCC1=C(C(=O)O)C(c2ccc(Cl)cc2)C(C(=O)OC)=C(C)N1. The Balaban J connectivity index is 2.69. The largest absolute Gasteiger partial charge is 0.478 e. The molecule has 0 bridgehead atoms. The molecule has 1 aliphatic rings. The summed E-state index contributed by atoms with van der Waals surface area (Å²) >= 11 is 5.94. The second kappa shape index (κ2) is 7.53. The smallest absolute Gasteiger partial charge is 0.336 e. The molecule has 24 heavy (non-hydrogen) atoms. The number of methoxy groups -OCH3 is 1. The van der Waals surface area contributed by atoms with E-state index in [1.165, 1.54) is 7.11 Å². The van der Waals surface area contributed by atoms with Crippen LogP contribution in [0.25, 0.3) is 0 Å². The summed E-state index contributed by atoms with van der Waals surface area (Å²) in [7, 11) is 1.28. The minimum atomic E-state index is -1.06. The summed E-state index contributed by atoms with van der Waals surface area (Å²) in [6.45, 7) is 3.73. The molecule has 1 aromatic carbocycles. The molecule has 1 unspecified atom stereocenters. The highest BCUT2D eigenvalue weighted by atomic mass is 35.5. The lowest BCUT2D eigenvalue weighted by molar-refractivity contribution is -0.136. The Labute approximate surface area is 146 Å². The second-order valence-corrected chi connectivity index (χ2v) is 6.02. The Hall–Kier alpha value is -2.27. The maximum atomic E-state index is 12.3. The number of hydrogen-bond acceptors (Lipinski definition) is 4. The second-order valence-electron chi connectivity index (χ2n) is 5.59. The average Bonchev–Trinajstić information content (AvgIpc) is 2.54. The number of dihydropyridines is 1. The predicted molar refractivity (Wildman–Crippen MR) is 91.6 cm³/mol. The fraction of sp³-hybridized carbons (Fsp3) is 0.333. The molecule has 128 valence electrons. The topological polar surface area (TPSA) is 75.6 Å². The summed E-state index contributed by atoms with van der Waals surface area (Å²) in [4.78, 5) is 24.3. The Bertz CT molecular complexity index is 719. The van der Waals surface area contributed by atoms with Crippen LogP contribution < -0.4 is 5.32 Å². The lowest BCUT2D eigenvalue weighted by Crippen LogP contribution is -2.32. The van der Waals surface area contributed by atoms with Crippen LogP contribution in [0.15, 0.2) is 46.8 Å². The molecule has 0 fully saturated rings. The van der Waals surface area contributed by atoms with Crippen molar-refractivity contribution in [2.24, 2.45) is 0 Å². The number of carbonyl (C=O) groups is 2. The van der Waals surface area contributed by atoms with Crippen LogP contribution in [0.4, 0.5) is 0 Å². The van der Waals surface area contributed by atoms with Gasteiger partial charge >= 0.3 is 11.9 Å². The molecule has 0 radical (unpaired) electrons. The Morgan fingerprint density at radius 1 is 1.25 bits per heavy atom. The number of hydrogen-bond donors (Lipinski definition) is 2. The molecule has 0 saturated heterocycles. The molecule has 0 aliphatic carbocycles. The van der Waals surface area contributed by atoms with Crippen LogP contribution >= 0.6 is 11.6 Å². The monoisotopic (exact) mass is 349 g/mol. The van der Waals surface area contributed by atoms with Crippen molar-refractivity contribution < 1.29 is 19.4 Å². The first-order chi connectivity index (χ1) is 11.4. The molecule has 5 nitrogen and oxygen atoms in total. The van der Waals surface area contributed by atoms with Crippen molar-refractivity contribution in [3.63, 3.8) is 0 Å². The van der Waals surface area contributed by atoms with E-state index >= 15 is 0 Å². The van der Waals surface area contributed by atoms with Gasteiger partial charge in [-0.2, -0.15) is 0 Å². The van der Waals surface area contributed by atoms with Gasteiger partial charge in [-0.15, -0.1) is 0 Å². The van der Waals surface area contributed by atoms with Gasteiger partial charge in [0.1, 0.15) is 0 Å². The summed E-state index contributed by atoms with van der Waals surface area (Å²) in [5.41, 5.74) is 2.39. The van der Waals surface area contributed by atoms with Gasteiger partial charge in [0.2, 0.25) is 0 Å². The Kier molecular flexibility index (Phi) is 5.67. The fourth-order valence-corrected chi connectivity index (χ4v) is 3.09. The molecule has 0 aromatic heterocycles. The minimum Gasteiger partial charge on any atom is -0.478 e. The number of halogens is 1. The van der Waals surface area contributed by atoms with Crippen molar-refractivity contribution in [2.45, 2.75) is 32.6 Å². The molecular formula is C18H20ClNO4. The highest BCUT2D eigenvalue weighted by molar-refractivity contribution is 6.30. The fourth-order valence-electron chi connectivity index (χ4n) is 2.97. The van der Waals surface area contributed by atoms with Crippen LogP contribution in [0.2, 0.25) is 5.02 Å². The molecule has 0 amide bonds. The van der Waals surface area contributed by atoms with Gasteiger partial charge in [-0.25, -0.2) is 9.59 Å². The van der Waals surface area contributed by atoms with Crippen molar-refractivity contribution in [3.8, 4) is 0 Å². The number of allylic oxidation sites excluding steroid dienone is 2. The van der Waals surface area contributed by atoms with Crippen molar-refractivity contribution in [1.29, 1.82) is 0 Å². The maximum Gasteiger partial charge on any atom is 0.336 e. The van der Waals surface area contributed by atoms with E-state index in [9.17, 15) is 14.7 Å². The first kappa shape index (κ1) is 18.1. The normalized spacial score (nSPS) is 17.6. The number of ether oxygens (including phenoxy) is 1. The van der Waals surface area contributed by atoms with Gasteiger partial charge in [-0.3, -0.25) is 0 Å². The van der Waals surface area contributed by atoms with E-state index in [1.54, 1.807) is 31.2 Å². The summed E-state index contributed by atoms with van der Waals surface area (Å²) < 4.78 is 4.88. The van der Waals surface area contributed by atoms with Gasteiger partial charge < -0.3 is 15.2 Å². The molecule has 1 aromatic rings. The van der Waals surface area contributed by atoms with Crippen LogP contribution in [-0.4, -0.2) is 24.2 Å². The van der Waals surface area contributed by atoms with Crippen LogP contribution in [0, 0.1) is 0 Å². The number of carboxylic acid groups (broad SMARTS) is 1. The predicted octanol–water partition coefficient (Wildman–Crippen LogP) is 3.61. The molecule has 1 heterocycles. The van der Waals surface area contributed by atoms with Gasteiger partial charge in [0.25, 0.3) is 0 Å². The number of carboxylic acids is 1. The molecule has 1 atom stereocenters. The summed E-state index contributed by atoms with van der Waals surface area (Å²) in [5.74, 6) is -2.30. The number of aliphatic carboxylic acids is 1. The third kappa shape index (κ3) is 3.46. The third-order valence-corrected chi connectivity index (χ3v) is 4.24. The molecule has 2 N–H and O–H groups in total. The summed E-state index contributed by atoms with van der Waals surface area (Å²) in [5, 5.41) is 13.4. The standard InChI is InChI=1S/C18H20ClNO4/c1-4-5-13-16(17(21)22)15(11-6-8-12(19)9-7-11)14(10(2)20-13)18(23)24-3/h6-9,15,20H,4-5H2,1-3H3,(H,21,22). The zero-order valence-corrected chi connectivity index (χ0v) is 14.6. The van der Waals surface area contributed by atoms with Crippen LogP contribution in [0.1, 0.15) is 38.2 Å². The lowest BCUT2D eigenvalue weighted by Gasteiger charge is -2.30. The summed E-state index contributed by atoms with van der Waals surface area (Å²) in [6.07, 6.45) is 1.37. The van der Waals surface area contributed by atoms with Crippen LogP contribution in [-0.2, 0) is 14.3 Å². The number of esters is 1. The van der Waals surface area contributed by atoms with E-state index in [1.807, 2.05) is 6.92 Å².